The lowest BCUT2D eigenvalue weighted by Gasteiger charge is -2.23. The van der Waals surface area contributed by atoms with E-state index in [2.05, 4.69) is 5.32 Å². The number of hydrogen-bond donors (Lipinski definition) is 1. The lowest BCUT2D eigenvalue weighted by atomic mass is 10.1. The molecule has 0 saturated heterocycles. The number of ether oxygens (including phenoxy) is 1. The number of carbonyl (C=O) groups excluding carboxylic acids is 2. The molecule has 0 saturated carbocycles. The van der Waals surface area contributed by atoms with Gasteiger partial charge >= 0.3 is 0 Å². The van der Waals surface area contributed by atoms with Crippen LogP contribution < -0.4 is 15.0 Å². The van der Waals surface area contributed by atoms with Crippen LogP contribution >= 0.6 is 11.6 Å². The summed E-state index contributed by atoms with van der Waals surface area (Å²) < 4.78 is 5.30. The number of rotatable bonds is 8. The summed E-state index contributed by atoms with van der Waals surface area (Å²) >= 11 is 5.95. The van der Waals surface area contributed by atoms with Gasteiger partial charge < -0.3 is 15.0 Å². The van der Waals surface area contributed by atoms with Gasteiger partial charge in [-0.2, -0.15) is 0 Å². The van der Waals surface area contributed by atoms with Crippen molar-refractivity contribution >= 4 is 29.1 Å². The topological polar surface area (TPSA) is 58.6 Å². The Morgan fingerprint density at radius 2 is 1.92 bits per heavy atom. The minimum atomic E-state index is -0.138. The van der Waals surface area contributed by atoms with E-state index in [1.54, 1.807) is 24.1 Å². The third kappa shape index (κ3) is 5.77. The van der Waals surface area contributed by atoms with Crippen LogP contribution in [0.1, 0.15) is 18.9 Å². The molecule has 2 amide bonds. The van der Waals surface area contributed by atoms with Crippen molar-refractivity contribution in [2.75, 3.05) is 25.1 Å². The third-order valence-electron chi connectivity index (χ3n) is 3.94. The zero-order valence-corrected chi connectivity index (χ0v) is 15.8. The van der Waals surface area contributed by atoms with E-state index in [0.29, 0.717) is 36.0 Å². The van der Waals surface area contributed by atoms with E-state index in [1.807, 2.05) is 36.4 Å². The van der Waals surface area contributed by atoms with E-state index in [0.717, 1.165) is 5.56 Å². The van der Waals surface area contributed by atoms with E-state index >= 15 is 0 Å². The van der Waals surface area contributed by atoms with Crippen molar-refractivity contribution in [3.63, 3.8) is 0 Å². The smallest absolute Gasteiger partial charge is 0.223 e. The highest BCUT2D eigenvalue weighted by Gasteiger charge is 2.16. The second-order valence-electron chi connectivity index (χ2n) is 5.82. The standard InChI is InChI=1S/C20H23ClN2O3/c1-15(24)23(18-8-3-4-9-19(18)26-2)13-11-20(25)22-12-10-16-6-5-7-17(21)14-16/h3-9,14H,10-13H2,1-2H3,(H,22,25). The fourth-order valence-electron chi connectivity index (χ4n) is 2.64. The van der Waals surface area contributed by atoms with Crippen molar-refractivity contribution in [3.05, 3.63) is 59.1 Å². The van der Waals surface area contributed by atoms with E-state index in [1.165, 1.54) is 6.92 Å². The molecule has 0 heterocycles. The number of nitrogens with zero attached hydrogens (tertiary/aromatic N) is 1. The molecular formula is C20H23ClN2O3. The van der Waals surface area contributed by atoms with Crippen molar-refractivity contribution in [1.29, 1.82) is 0 Å². The first-order valence-electron chi connectivity index (χ1n) is 8.43. The van der Waals surface area contributed by atoms with Gasteiger partial charge in [-0.3, -0.25) is 9.59 Å². The molecule has 138 valence electrons. The zero-order chi connectivity index (χ0) is 18.9. The van der Waals surface area contributed by atoms with Gasteiger partial charge in [0.2, 0.25) is 11.8 Å². The summed E-state index contributed by atoms with van der Waals surface area (Å²) in [5.41, 5.74) is 1.73. The number of carbonyl (C=O) groups is 2. The summed E-state index contributed by atoms with van der Waals surface area (Å²) in [5, 5.41) is 3.56. The van der Waals surface area contributed by atoms with Crippen LogP contribution in [0.5, 0.6) is 5.75 Å². The number of anilines is 1. The highest BCUT2D eigenvalue weighted by atomic mass is 35.5. The number of amides is 2. The van der Waals surface area contributed by atoms with Gasteiger partial charge in [0, 0.05) is 31.5 Å². The Balaban J connectivity index is 1.86. The normalized spacial score (nSPS) is 10.3. The molecule has 5 nitrogen and oxygen atoms in total. The molecule has 1 N–H and O–H groups in total. The molecular weight excluding hydrogens is 352 g/mol. The third-order valence-corrected chi connectivity index (χ3v) is 4.18. The van der Waals surface area contributed by atoms with Crippen LogP contribution in [-0.4, -0.2) is 32.0 Å². The molecule has 0 spiro atoms. The summed E-state index contributed by atoms with van der Waals surface area (Å²) in [4.78, 5) is 25.6. The van der Waals surface area contributed by atoms with Crippen LogP contribution in [0.4, 0.5) is 5.69 Å². The van der Waals surface area contributed by atoms with E-state index in [4.69, 9.17) is 16.3 Å². The van der Waals surface area contributed by atoms with Crippen LogP contribution in [0, 0.1) is 0 Å². The van der Waals surface area contributed by atoms with Crippen LogP contribution in [-0.2, 0) is 16.0 Å². The summed E-state index contributed by atoms with van der Waals surface area (Å²) in [7, 11) is 1.56. The SMILES string of the molecule is COc1ccccc1N(CCC(=O)NCCc1cccc(Cl)c1)C(C)=O. The monoisotopic (exact) mass is 374 g/mol. The van der Waals surface area contributed by atoms with E-state index in [9.17, 15) is 9.59 Å². The molecule has 2 aromatic carbocycles. The first-order valence-corrected chi connectivity index (χ1v) is 8.81. The number of hydrogen-bond acceptors (Lipinski definition) is 3. The van der Waals surface area contributed by atoms with Crippen molar-refractivity contribution in [1.82, 2.24) is 5.32 Å². The molecule has 2 aromatic rings. The molecule has 0 bridgehead atoms. The van der Waals surface area contributed by atoms with Gasteiger partial charge in [0.15, 0.2) is 0 Å². The minimum absolute atomic E-state index is 0.104. The van der Waals surface area contributed by atoms with Gasteiger partial charge in [0.25, 0.3) is 0 Å². The maximum Gasteiger partial charge on any atom is 0.223 e. The first kappa shape index (κ1) is 19.8. The van der Waals surface area contributed by atoms with Gasteiger partial charge in [-0.05, 0) is 36.2 Å². The Kier molecular flexibility index (Phi) is 7.48. The molecule has 6 heteroatoms. The minimum Gasteiger partial charge on any atom is -0.495 e. The largest absolute Gasteiger partial charge is 0.495 e. The van der Waals surface area contributed by atoms with Gasteiger partial charge in [-0.25, -0.2) is 0 Å². The van der Waals surface area contributed by atoms with Crippen LogP contribution in [0.25, 0.3) is 0 Å². The van der Waals surface area contributed by atoms with Crippen molar-refractivity contribution < 1.29 is 14.3 Å². The van der Waals surface area contributed by atoms with Crippen molar-refractivity contribution in [3.8, 4) is 5.75 Å². The Hall–Kier alpha value is -2.53. The molecule has 0 fully saturated rings. The Bertz CT molecular complexity index is 764. The molecule has 0 aliphatic carbocycles. The highest BCUT2D eigenvalue weighted by Crippen LogP contribution is 2.27. The van der Waals surface area contributed by atoms with Crippen molar-refractivity contribution in [2.45, 2.75) is 19.8 Å². The first-order chi connectivity index (χ1) is 12.5. The summed E-state index contributed by atoms with van der Waals surface area (Å²) in [5.74, 6) is 0.360. The summed E-state index contributed by atoms with van der Waals surface area (Å²) in [6, 6.07) is 14.8. The second kappa shape index (κ2) is 9.82. The Morgan fingerprint density at radius 3 is 2.62 bits per heavy atom. The molecule has 0 radical (unpaired) electrons. The number of methoxy groups -OCH3 is 1. The maximum atomic E-state index is 12.1. The van der Waals surface area contributed by atoms with E-state index < -0.39 is 0 Å². The number of nitrogens with one attached hydrogen (secondary N) is 1. The Morgan fingerprint density at radius 1 is 1.15 bits per heavy atom. The van der Waals surface area contributed by atoms with Gasteiger partial charge in [0.05, 0.1) is 12.8 Å². The quantitative estimate of drug-likeness (QED) is 0.769. The van der Waals surface area contributed by atoms with Gasteiger partial charge in [-0.15, -0.1) is 0 Å². The number of benzene rings is 2. The number of para-hydroxylation sites is 2. The Labute approximate surface area is 158 Å². The fourth-order valence-corrected chi connectivity index (χ4v) is 2.85. The average Bonchev–Trinajstić information content (AvgIpc) is 2.62. The molecule has 0 atom stereocenters. The molecule has 0 aromatic heterocycles. The van der Waals surface area contributed by atoms with Crippen molar-refractivity contribution in [2.24, 2.45) is 0 Å². The van der Waals surface area contributed by atoms with Crippen LogP contribution in [0.3, 0.4) is 0 Å². The van der Waals surface area contributed by atoms with Gasteiger partial charge in [0.1, 0.15) is 5.75 Å². The maximum absolute atomic E-state index is 12.1. The van der Waals surface area contributed by atoms with Crippen LogP contribution in [0.2, 0.25) is 5.02 Å². The number of halogens is 1. The second-order valence-corrected chi connectivity index (χ2v) is 6.26. The lowest BCUT2D eigenvalue weighted by molar-refractivity contribution is -0.121. The zero-order valence-electron chi connectivity index (χ0n) is 15.0. The fraction of sp³-hybridized carbons (Fsp3) is 0.300. The molecule has 26 heavy (non-hydrogen) atoms. The predicted octanol–water partition coefficient (Wildman–Crippen LogP) is 3.45. The van der Waals surface area contributed by atoms with Gasteiger partial charge in [-0.1, -0.05) is 35.9 Å². The predicted molar refractivity (Wildman–Crippen MR) is 104 cm³/mol. The molecule has 0 unspecified atom stereocenters. The molecule has 0 aliphatic rings. The summed E-state index contributed by atoms with van der Waals surface area (Å²) in [6.45, 7) is 2.29. The average molecular weight is 375 g/mol. The molecule has 2 rings (SSSR count). The molecule has 0 aliphatic heterocycles. The lowest BCUT2D eigenvalue weighted by Crippen LogP contribution is -2.34. The highest BCUT2D eigenvalue weighted by molar-refractivity contribution is 6.30. The summed E-state index contributed by atoms with van der Waals surface area (Å²) in [6.07, 6.45) is 0.919. The van der Waals surface area contributed by atoms with Crippen LogP contribution in [0.15, 0.2) is 48.5 Å². The van der Waals surface area contributed by atoms with E-state index in [-0.39, 0.29) is 18.2 Å².